The van der Waals surface area contributed by atoms with Crippen LogP contribution in [0, 0.1) is 0 Å². The van der Waals surface area contributed by atoms with E-state index < -0.39 is 0 Å². The van der Waals surface area contributed by atoms with Gasteiger partial charge in [0, 0.05) is 0 Å². The van der Waals surface area contributed by atoms with Gasteiger partial charge in [0.05, 0.1) is 6.61 Å². The molecule has 1 aromatic rings. The second kappa shape index (κ2) is 7.88. The van der Waals surface area contributed by atoms with E-state index in [1.807, 2.05) is 12.1 Å². The summed E-state index contributed by atoms with van der Waals surface area (Å²) in [6, 6.07) is 8.33. The Morgan fingerprint density at radius 2 is 1.88 bits per heavy atom. The van der Waals surface area contributed by atoms with E-state index in [0.29, 0.717) is 13.1 Å². The lowest BCUT2D eigenvalue weighted by Crippen LogP contribution is -1.98. The van der Waals surface area contributed by atoms with Gasteiger partial charge in [-0.15, -0.1) is 0 Å². The zero-order valence-corrected chi connectivity index (χ0v) is 9.65. The Hall–Kier alpha value is -1.35. The number of hydrogen-bond acceptors (Lipinski definition) is 3. The van der Waals surface area contributed by atoms with Crippen molar-refractivity contribution in [3.63, 3.8) is 0 Å². The van der Waals surface area contributed by atoms with E-state index in [2.05, 4.69) is 23.8 Å². The fourth-order valence-corrected chi connectivity index (χ4v) is 1.42. The second-order valence-corrected chi connectivity index (χ2v) is 3.65. The van der Waals surface area contributed by atoms with Crippen LogP contribution < -0.4 is 0 Å². The molecule has 1 aromatic carbocycles. The van der Waals surface area contributed by atoms with Crippen LogP contribution in [0.15, 0.2) is 24.3 Å². The number of ether oxygens (including phenoxy) is 2. The minimum Gasteiger partial charge on any atom is -0.441 e. The summed E-state index contributed by atoms with van der Waals surface area (Å²) in [6.45, 7) is 3.06. The summed E-state index contributed by atoms with van der Waals surface area (Å²) in [5.41, 5.74) is 2.45. The standard InChI is InChI=1S/C13H18O3/c1-2-3-4-12-5-7-13(8-6-12)9-15-11-16-10-14/h5-8,10H,2-4,9,11H2,1H3. The summed E-state index contributed by atoms with van der Waals surface area (Å²) in [5.74, 6) is 0. The van der Waals surface area contributed by atoms with Crippen LogP contribution in [0.3, 0.4) is 0 Å². The number of hydrogen-bond donors (Lipinski definition) is 0. The lowest BCUT2D eigenvalue weighted by Gasteiger charge is -2.04. The molecule has 0 aromatic heterocycles. The largest absolute Gasteiger partial charge is 0.441 e. The molecule has 0 bridgehead atoms. The quantitative estimate of drug-likeness (QED) is 0.385. The van der Waals surface area contributed by atoms with Crippen molar-refractivity contribution in [1.29, 1.82) is 0 Å². The highest BCUT2D eigenvalue weighted by Gasteiger charge is 1.95. The van der Waals surface area contributed by atoms with Gasteiger partial charge in [0.2, 0.25) is 0 Å². The monoisotopic (exact) mass is 222 g/mol. The van der Waals surface area contributed by atoms with Gasteiger partial charge >= 0.3 is 0 Å². The van der Waals surface area contributed by atoms with Crippen LogP contribution >= 0.6 is 0 Å². The molecule has 0 atom stereocenters. The van der Waals surface area contributed by atoms with Crippen LogP contribution in [0.4, 0.5) is 0 Å². The highest BCUT2D eigenvalue weighted by molar-refractivity contribution is 5.36. The predicted molar refractivity (Wildman–Crippen MR) is 61.9 cm³/mol. The zero-order valence-electron chi connectivity index (χ0n) is 9.65. The summed E-state index contributed by atoms with van der Waals surface area (Å²) < 4.78 is 9.56. The third-order valence-electron chi connectivity index (χ3n) is 2.33. The predicted octanol–water partition coefficient (Wildman–Crippen LogP) is 2.68. The van der Waals surface area contributed by atoms with Gasteiger partial charge in [0.25, 0.3) is 6.47 Å². The van der Waals surface area contributed by atoms with Crippen LogP contribution in [0.5, 0.6) is 0 Å². The Morgan fingerprint density at radius 3 is 2.50 bits per heavy atom. The van der Waals surface area contributed by atoms with E-state index in [-0.39, 0.29) is 6.79 Å². The molecule has 16 heavy (non-hydrogen) atoms. The van der Waals surface area contributed by atoms with Gasteiger partial charge in [-0.1, -0.05) is 37.6 Å². The topological polar surface area (TPSA) is 35.5 Å². The molecule has 0 unspecified atom stereocenters. The van der Waals surface area contributed by atoms with Crippen molar-refractivity contribution in [3.05, 3.63) is 35.4 Å². The number of benzene rings is 1. The van der Waals surface area contributed by atoms with Crippen LogP contribution in [-0.2, 0) is 27.3 Å². The Kier molecular flexibility index (Phi) is 6.26. The number of carbonyl (C=O) groups is 1. The summed E-state index contributed by atoms with van der Waals surface area (Å²) in [7, 11) is 0. The SMILES string of the molecule is CCCCc1ccc(COCOC=O)cc1. The molecule has 1 rings (SSSR count). The van der Waals surface area contributed by atoms with Crippen molar-refractivity contribution < 1.29 is 14.3 Å². The minimum absolute atomic E-state index is 0.0150. The number of rotatable bonds is 8. The van der Waals surface area contributed by atoms with Crippen molar-refractivity contribution in [2.24, 2.45) is 0 Å². The first-order valence-corrected chi connectivity index (χ1v) is 5.57. The van der Waals surface area contributed by atoms with Crippen molar-refractivity contribution >= 4 is 6.47 Å². The van der Waals surface area contributed by atoms with Crippen molar-refractivity contribution in [2.75, 3.05) is 6.79 Å². The molecule has 0 fully saturated rings. The van der Waals surface area contributed by atoms with Gasteiger partial charge in [-0.25, -0.2) is 0 Å². The molecule has 0 aliphatic carbocycles. The molecule has 0 saturated carbocycles. The molecule has 88 valence electrons. The Bertz CT molecular complexity index is 293. The van der Waals surface area contributed by atoms with E-state index in [1.165, 1.54) is 18.4 Å². The molecular formula is C13H18O3. The number of carbonyl (C=O) groups excluding carboxylic acids is 1. The normalized spacial score (nSPS) is 10.1. The molecule has 0 amide bonds. The molecule has 3 nitrogen and oxygen atoms in total. The van der Waals surface area contributed by atoms with Gasteiger partial charge in [-0.2, -0.15) is 0 Å². The van der Waals surface area contributed by atoms with Gasteiger partial charge in [0.1, 0.15) is 0 Å². The zero-order chi connectivity index (χ0) is 11.6. The van der Waals surface area contributed by atoms with Crippen molar-refractivity contribution in [3.8, 4) is 0 Å². The molecule has 0 N–H and O–H groups in total. The Balaban J connectivity index is 2.30. The van der Waals surface area contributed by atoms with Crippen molar-refractivity contribution in [2.45, 2.75) is 32.8 Å². The molecule has 0 saturated heterocycles. The van der Waals surface area contributed by atoms with Crippen LogP contribution in [-0.4, -0.2) is 13.3 Å². The maximum absolute atomic E-state index is 9.86. The highest BCUT2D eigenvalue weighted by atomic mass is 16.7. The van der Waals surface area contributed by atoms with Crippen LogP contribution in [0.2, 0.25) is 0 Å². The van der Waals surface area contributed by atoms with Crippen molar-refractivity contribution in [1.82, 2.24) is 0 Å². The number of unbranched alkanes of at least 4 members (excludes halogenated alkanes) is 1. The third-order valence-corrected chi connectivity index (χ3v) is 2.33. The smallest absolute Gasteiger partial charge is 0.295 e. The molecule has 0 heterocycles. The third kappa shape index (κ3) is 4.94. The average Bonchev–Trinajstić information content (AvgIpc) is 2.33. The molecular weight excluding hydrogens is 204 g/mol. The van der Waals surface area contributed by atoms with Crippen LogP contribution in [0.1, 0.15) is 30.9 Å². The maximum Gasteiger partial charge on any atom is 0.295 e. The first-order chi connectivity index (χ1) is 7.86. The summed E-state index contributed by atoms with van der Waals surface area (Å²) in [5, 5.41) is 0. The van der Waals surface area contributed by atoms with Gasteiger partial charge in [0.15, 0.2) is 6.79 Å². The van der Waals surface area contributed by atoms with Gasteiger partial charge < -0.3 is 9.47 Å². The molecule has 0 aliphatic heterocycles. The van der Waals surface area contributed by atoms with E-state index >= 15 is 0 Å². The van der Waals surface area contributed by atoms with E-state index in [4.69, 9.17) is 4.74 Å². The molecule has 3 heteroatoms. The first-order valence-electron chi connectivity index (χ1n) is 5.57. The maximum atomic E-state index is 9.86. The summed E-state index contributed by atoms with van der Waals surface area (Å²) in [6.07, 6.45) is 3.57. The lowest BCUT2D eigenvalue weighted by molar-refractivity contribution is -0.141. The summed E-state index contributed by atoms with van der Waals surface area (Å²) >= 11 is 0. The molecule has 0 radical (unpaired) electrons. The Labute approximate surface area is 96.4 Å². The summed E-state index contributed by atoms with van der Waals surface area (Å²) in [4.78, 5) is 9.86. The number of aryl methyl sites for hydroxylation is 1. The average molecular weight is 222 g/mol. The highest BCUT2D eigenvalue weighted by Crippen LogP contribution is 2.08. The van der Waals surface area contributed by atoms with Gasteiger partial charge in [-0.3, -0.25) is 4.79 Å². The van der Waals surface area contributed by atoms with E-state index in [1.54, 1.807) is 0 Å². The fraction of sp³-hybridized carbons (Fsp3) is 0.462. The second-order valence-electron chi connectivity index (χ2n) is 3.65. The fourth-order valence-electron chi connectivity index (χ4n) is 1.42. The Morgan fingerprint density at radius 1 is 1.19 bits per heavy atom. The lowest BCUT2D eigenvalue weighted by atomic mass is 10.1. The van der Waals surface area contributed by atoms with E-state index in [9.17, 15) is 4.79 Å². The minimum atomic E-state index is 0.0150. The van der Waals surface area contributed by atoms with E-state index in [0.717, 1.165) is 12.0 Å². The molecule has 0 spiro atoms. The molecule has 0 aliphatic rings. The van der Waals surface area contributed by atoms with Gasteiger partial charge in [-0.05, 0) is 24.0 Å². The van der Waals surface area contributed by atoms with Crippen LogP contribution in [0.25, 0.3) is 0 Å². The first kappa shape index (κ1) is 12.7.